The molecule has 0 heteroatoms. The van der Waals surface area contributed by atoms with E-state index in [0.717, 1.165) is 6.42 Å². The zero-order valence-electron chi connectivity index (χ0n) is 8.82. The first-order chi connectivity index (χ1) is 5.74. The molecule has 70 valence electrons. The molecule has 0 aliphatic rings. The number of rotatable bonds is 6. The second-order valence-electron chi connectivity index (χ2n) is 3.26. The molecule has 0 spiro atoms. The summed E-state index contributed by atoms with van der Waals surface area (Å²) in [5, 5.41) is 0. The quantitative estimate of drug-likeness (QED) is 0.510. The Hall–Kier alpha value is -0.520. The summed E-state index contributed by atoms with van der Waals surface area (Å²) < 4.78 is 0. The van der Waals surface area contributed by atoms with Gasteiger partial charge in [0.15, 0.2) is 0 Å². The van der Waals surface area contributed by atoms with Crippen molar-refractivity contribution in [1.29, 1.82) is 0 Å². The molecule has 0 aliphatic carbocycles. The molecular weight excluding hydrogens is 144 g/mol. The first-order valence-electron chi connectivity index (χ1n) is 5.05. The highest BCUT2D eigenvalue weighted by atomic mass is 14.0. The monoisotopic (exact) mass is 166 g/mol. The lowest BCUT2D eigenvalue weighted by Gasteiger charge is -2.04. The van der Waals surface area contributed by atoms with Crippen LogP contribution in [0.1, 0.15) is 52.9 Å². The van der Waals surface area contributed by atoms with Crippen LogP contribution in [0.4, 0.5) is 0 Å². The Morgan fingerprint density at radius 2 is 1.83 bits per heavy atom. The average Bonchev–Trinajstić information content (AvgIpc) is 2.12. The number of allylic oxidation sites excluding steroid dienone is 3. The van der Waals surface area contributed by atoms with E-state index >= 15 is 0 Å². The minimum atomic E-state index is 1.14. The highest BCUT2D eigenvalue weighted by Gasteiger charge is 1.94. The van der Waals surface area contributed by atoms with Gasteiger partial charge in [0, 0.05) is 0 Å². The Morgan fingerprint density at radius 3 is 2.25 bits per heavy atom. The van der Waals surface area contributed by atoms with Crippen LogP contribution in [0.15, 0.2) is 23.8 Å². The molecule has 0 unspecified atom stereocenters. The Bertz CT molecular complexity index is 151. The van der Waals surface area contributed by atoms with E-state index in [9.17, 15) is 0 Å². The van der Waals surface area contributed by atoms with E-state index in [-0.39, 0.29) is 0 Å². The van der Waals surface area contributed by atoms with Crippen molar-refractivity contribution in [2.24, 2.45) is 0 Å². The van der Waals surface area contributed by atoms with Crippen molar-refractivity contribution in [3.05, 3.63) is 23.8 Å². The van der Waals surface area contributed by atoms with Crippen molar-refractivity contribution in [3.63, 3.8) is 0 Å². The van der Waals surface area contributed by atoms with Gasteiger partial charge in [0.25, 0.3) is 0 Å². The van der Waals surface area contributed by atoms with Crippen LogP contribution in [0.25, 0.3) is 0 Å². The Morgan fingerprint density at radius 1 is 1.17 bits per heavy atom. The molecular formula is C12H22. The maximum atomic E-state index is 4.00. The Balaban J connectivity index is 3.48. The first-order valence-corrected chi connectivity index (χ1v) is 5.05. The predicted molar refractivity (Wildman–Crippen MR) is 57.3 cm³/mol. The largest absolute Gasteiger partial charge is 0.0999 e. The van der Waals surface area contributed by atoms with Crippen LogP contribution >= 0.6 is 0 Å². The van der Waals surface area contributed by atoms with Crippen molar-refractivity contribution >= 4 is 0 Å². The normalized spacial score (nSPS) is 11.8. The van der Waals surface area contributed by atoms with Gasteiger partial charge in [0.1, 0.15) is 0 Å². The molecule has 0 rings (SSSR count). The van der Waals surface area contributed by atoms with Gasteiger partial charge < -0.3 is 0 Å². The number of hydrogen-bond acceptors (Lipinski definition) is 0. The van der Waals surface area contributed by atoms with Crippen LogP contribution in [-0.4, -0.2) is 0 Å². The topological polar surface area (TPSA) is 0 Å². The molecule has 0 atom stereocenters. The van der Waals surface area contributed by atoms with E-state index in [2.05, 4.69) is 33.4 Å². The van der Waals surface area contributed by atoms with Crippen molar-refractivity contribution in [1.82, 2.24) is 0 Å². The molecule has 0 aromatic rings. The molecule has 0 aliphatic heterocycles. The zero-order valence-corrected chi connectivity index (χ0v) is 8.82. The lowest BCUT2D eigenvalue weighted by Crippen LogP contribution is -1.84. The third-order valence-electron chi connectivity index (χ3n) is 2.39. The minimum absolute atomic E-state index is 1.14. The van der Waals surface area contributed by atoms with Gasteiger partial charge >= 0.3 is 0 Å². The third kappa shape index (κ3) is 5.17. The van der Waals surface area contributed by atoms with Crippen LogP contribution in [0.3, 0.4) is 0 Å². The molecule has 0 bridgehead atoms. The molecule has 0 saturated carbocycles. The van der Waals surface area contributed by atoms with E-state index in [1.807, 2.05) is 0 Å². The standard InChI is InChI=1S/C12H22/c1-5-11(4)9-8-10-12(6-2)7-3/h6H,4-5,7-10H2,1-3H3. The van der Waals surface area contributed by atoms with Crippen molar-refractivity contribution in [2.75, 3.05) is 0 Å². The molecule has 0 amide bonds. The van der Waals surface area contributed by atoms with Gasteiger partial charge in [-0.2, -0.15) is 0 Å². The highest BCUT2D eigenvalue weighted by molar-refractivity contribution is 5.00. The van der Waals surface area contributed by atoms with Crippen molar-refractivity contribution < 1.29 is 0 Å². The smallest absolute Gasteiger partial charge is 0.0317 e. The molecule has 0 aromatic carbocycles. The van der Waals surface area contributed by atoms with Gasteiger partial charge in [-0.05, 0) is 39.0 Å². The summed E-state index contributed by atoms with van der Waals surface area (Å²) in [7, 11) is 0. The molecule has 0 aromatic heterocycles. The molecule has 12 heavy (non-hydrogen) atoms. The zero-order chi connectivity index (χ0) is 9.40. The molecule has 0 N–H and O–H groups in total. The van der Waals surface area contributed by atoms with Gasteiger partial charge in [0.05, 0.1) is 0 Å². The summed E-state index contributed by atoms with van der Waals surface area (Å²) in [6.07, 6.45) is 8.32. The van der Waals surface area contributed by atoms with Crippen LogP contribution < -0.4 is 0 Å². The minimum Gasteiger partial charge on any atom is -0.0999 e. The SMILES string of the molecule is C=C(CC)CCCC(=CC)CC. The van der Waals surface area contributed by atoms with E-state index < -0.39 is 0 Å². The fraction of sp³-hybridized carbons (Fsp3) is 0.667. The summed E-state index contributed by atoms with van der Waals surface area (Å²) in [5.41, 5.74) is 2.97. The van der Waals surface area contributed by atoms with Crippen LogP contribution in [0, 0.1) is 0 Å². The van der Waals surface area contributed by atoms with E-state index in [0.29, 0.717) is 0 Å². The van der Waals surface area contributed by atoms with Crippen LogP contribution in [-0.2, 0) is 0 Å². The summed E-state index contributed by atoms with van der Waals surface area (Å²) >= 11 is 0. The average molecular weight is 166 g/mol. The maximum absolute atomic E-state index is 4.00. The third-order valence-corrected chi connectivity index (χ3v) is 2.39. The van der Waals surface area contributed by atoms with Crippen LogP contribution in [0.2, 0.25) is 0 Å². The molecule has 0 nitrogen and oxygen atoms in total. The first kappa shape index (κ1) is 11.5. The van der Waals surface area contributed by atoms with E-state index in [1.165, 1.54) is 31.3 Å². The van der Waals surface area contributed by atoms with Gasteiger partial charge in [-0.1, -0.05) is 37.6 Å². The fourth-order valence-corrected chi connectivity index (χ4v) is 1.27. The summed E-state index contributed by atoms with van der Waals surface area (Å²) in [6, 6.07) is 0. The Labute approximate surface area is 77.4 Å². The molecule has 0 radical (unpaired) electrons. The second kappa shape index (κ2) is 7.15. The van der Waals surface area contributed by atoms with Gasteiger partial charge in [-0.25, -0.2) is 0 Å². The molecule has 0 heterocycles. The lowest BCUT2D eigenvalue weighted by molar-refractivity contribution is 0.763. The maximum Gasteiger partial charge on any atom is -0.0317 e. The lowest BCUT2D eigenvalue weighted by atomic mass is 10.0. The summed E-state index contributed by atoms with van der Waals surface area (Å²) in [6.45, 7) is 10.5. The highest BCUT2D eigenvalue weighted by Crippen LogP contribution is 2.14. The van der Waals surface area contributed by atoms with Crippen molar-refractivity contribution in [3.8, 4) is 0 Å². The fourth-order valence-electron chi connectivity index (χ4n) is 1.27. The molecule has 0 fully saturated rings. The molecule has 0 saturated heterocycles. The van der Waals surface area contributed by atoms with Gasteiger partial charge in [-0.15, -0.1) is 0 Å². The predicted octanol–water partition coefficient (Wildman–Crippen LogP) is 4.48. The number of hydrogen-bond donors (Lipinski definition) is 0. The second-order valence-corrected chi connectivity index (χ2v) is 3.26. The van der Waals surface area contributed by atoms with Crippen LogP contribution in [0.5, 0.6) is 0 Å². The van der Waals surface area contributed by atoms with Gasteiger partial charge in [0.2, 0.25) is 0 Å². The van der Waals surface area contributed by atoms with E-state index in [4.69, 9.17) is 0 Å². The van der Waals surface area contributed by atoms with Crippen molar-refractivity contribution in [2.45, 2.75) is 52.9 Å². The van der Waals surface area contributed by atoms with E-state index in [1.54, 1.807) is 5.57 Å². The van der Waals surface area contributed by atoms with Gasteiger partial charge in [-0.3, -0.25) is 0 Å². The Kier molecular flexibility index (Phi) is 6.84. The summed E-state index contributed by atoms with van der Waals surface area (Å²) in [5.74, 6) is 0. The summed E-state index contributed by atoms with van der Waals surface area (Å²) in [4.78, 5) is 0.